The number of hydrogen-bond acceptors (Lipinski definition) is 5. The molecule has 0 radical (unpaired) electrons. The van der Waals surface area contributed by atoms with Gasteiger partial charge in [0.25, 0.3) is 0 Å². The lowest BCUT2D eigenvalue weighted by Crippen LogP contribution is -2.06. The van der Waals surface area contributed by atoms with Crippen molar-refractivity contribution in [1.29, 1.82) is 0 Å². The van der Waals surface area contributed by atoms with E-state index in [-0.39, 0.29) is 5.69 Å². The molecule has 118 valence electrons. The molecule has 3 rings (SSSR count). The van der Waals surface area contributed by atoms with Gasteiger partial charge in [-0.3, -0.25) is 0 Å². The minimum absolute atomic E-state index is 0.105. The van der Waals surface area contributed by atoms with E-state index >= 15 is 0 Å². The summed E-state index contributed by atoms with van der Waals surface area (Å²) in [6, 6.07) is 8.71. The van der Waals surface area contributed by atoms with Crippen molar-refractivity contribution in [2.75, 3.05) is 14.2 Å². The predicted molar refractivity (Wildman–Crippen MR) is 86.9 cm³/mol. The predicted octanol–water partition coefficient (Wildman–Crippen LogP) is 3.32. The Balaban J connectivity index is 2.11. The summed E-state index contributed by atoms with van der Waals surface area (Å²) in [5, 5.41) is 17.5. The van der Waals surface area contributed by atoms with Crippen LogP contribution in [0.25, 0.3) is 16.9 Å². The van der Waals surface area contributed by atoms with Crippen LogP contribution in [0.1, 0.15) is 10.5 Å². The summed E-state index contributed by atoms with van der Waals surface area (Å²) in [4.78, 5) is 11.5. The number of carbonyl (C=O) groups is 1. The lowest BCUT2D eigenvalue weighted by molar-refractivity contribution is 0.0687. The lowest BCUT2D eigenvalue weighted by atomic mass is 10.1. The maximum atomic E-state index is 11.5. The zero-order chi connectivity index (χ0) is 16.4. The Morgan fingerprint density at radius 2 is 1.96 bits per heavy atom. The number of methoxy groups -OCH3 is 2. The molecule has 2 aromatic heterocycles. The van der Waals surface area contributed by atoms with Crippen molar-refractivity contribution >= 4 is 17.3 Å². The fraction of sp³-hybridized carbons (Fsp3) is 0.125. The number of carboxylic acids is 1. The van der Waals surface area contributed by atoms with Gasteiger partial charge >= 0.3 is 5.97 Å². The van der Waals surface area contributed by atoms with Gasteiger partial charge in [-0.15, -0.1) is 0 Å². The number of benzene rings is 1. The maximum absolute atomic E-state index is 11.5. The van der Waals surface area contributed by atoms with Gasteiger partial charge in [-0.05, 0) is 35.7 Å². The van der Waals surface area contributed by atoms with E-state index in [1.807, 2.05) is 22.9 Å². The van der Waals surface area contributed by atoms with E-state index in [9.17, 15) is 9.90 Å². The van der Waals surface area contributed by atoms with Crippen LogP contribution in [-0.4, -0.2) is 35.1 Å². The van der Waals surface area contributed by atoms with Gasteiger partial charge in [0.05, 0.1) is 25.6 Å². The van der Waals surface area contributed by atoms with Crippen molar-refractivity contribution in [3.63, 3.8) is 0 Å². The van der Waals surface area contributed by atoms with Crippen LogP contribution in [0.5, 0.6) is 11.5 Å². The smallest absolute Gasteiger partial charge is 0.354 e. The summed E-state index contributed by atoms with van der Waals surface area (Å²) in [5.74, 6) is 0.134. The quantitative estimate of drug-likeness (QED) is 0.777. The Bertz CT molecular complexity index is 840. The van der Waals surface area contributed by atoms with Gasteiger partial charge in [0.15, 0.2) is 17.2 Å². The molecule has 3 aromatic rings. The second-order valence-electron chi connectivity index (χ2n) is 4.68. The molecule has 0 unspecified atom stereocenters. The van der Waals surface area contributed by atoms with Gasteiger partial charge in [0.1, 0.15) is 0 Å². The summed E-state index contributed by atoms with van der Waals surface area (Å²) in [6.07, 6.45) is 0. The van der Waals surface area contributed by atoms with E-state index in [1.54, 1.807) is 32.4 Å². The molecule has 0 aliphatic heterocycles. The minimum atomic E-state index is -1.03. The fourth-order valence-corrected chi connectivity index (χ4v) is 2.86. The highest BCUT2D eigenvalue weighted by molar-refractivity contribution is 7.08. The van der Waals surface area contributed by atoms with Gasteiger partial charge in [-0.1, -0.05) is 0 Å². The molecule has 0 aliphatic rings. The van der Waals surface area contributed by atoms with E-state index in [1.165, 1.54) is 16.0 Å². The van der Waals surface area contributed by atoms with Crippen molar-refractivity contribution in [1.82, 2.24) is 9.78 Å². The van der Waals surface area contributed by atoms with E-state index in [4.69, 9.17) is 9.47 Å². The van der Waals surface area contributed by atoms with Crippen LogP contribution in [0.4, 0.5) is 0 Å². The monoisotopic (exact) mass is 330 g/mol. The first-order valence-electron chi connectivity index (χ1n) is 6.72. The van der Waals surface area contributed by atoms with Crippen LogP contribution in [0.3, 0.4) is 0 Å². The molecule has 1 N–H and O–H groups in total. The summed E-state index contributed by atoms with van der Waals surface area (Å²) in [6.45, 7) is 0. The summed E-state index contributed by atoms with van der Waals surface area (Å²) < 4.78 is 11.9. The average molecular weight is 330 g/mol. The molecule has 23 heavy (non-hydrogen) atoms. The molecule has 0 bridgehead atoms. The molecule has 6 nitrogen and oxygen atoms in total. The molecule has 0 saturated carbocycles. The van der Waals surface area contributed by atoms with Crippen molar-refractivity contribution in [3.05, 3.63) is 46.8 Å². The number of ether oxygens (including phenoxy) is 2. The normalized spacial score (nSPS) is 10.5. The molecule has 2 heterocycles. The second-order valence-corrected chi connectivity index (χ2v) is 5.46. The van der Waals surface area contributed by atoms with Crippen LogP contribution in [0.2, 0.25) is 0 Å². The van der Waals surface area contributed by atoms with Crippen molar-refractivity contribution in [3.8, 4) is 28.4 Å². The fourth-order valence-electron chi connectivity index (χ4n) is 2.24. The van der Waals surface area contributed by atoms with E-state index in [2.05, 4.69) is 5.10 Å². The largest absolute Gasteiger partial charge is 0.493 e. The van der Waals surface area contributed by atoms with Gasteiger partial charge < -0.3 is 14.6 Å². The Labute approximate surface area is 136 Å². The summed E-state index contributed by atoms with van der Waals surface area (Å²) in [7, 11) is 3.11. The molecular formula is C16H14N2O4S. The van der Waals surface area contributed by atoms with Crippen molar-refractivity contribution < 1.29 is 19.4 Å². The van der Waals surface area contributed by atoms with Gasteiger partial charge in [-0.2, -0.15) is 16.4 Å². The topological polar surface area (TPSA) is 73.6 Å². The van der Waals surface area contributed by atoms with Crippen LogP contribution < -0.4 is 9.47 Å². The summed E-state index contributed by atoms with van der Waals surface area (Å²) >= 11 is 1.48. The highest BCUT2D eigenvalue weighted by atomic mass is 32.1. The average Bonchev–Trinajstić information content (AvgIpc) is 3.22. The van der Waals surface area contributed by atoms with Gasteiger partial charge in [-0.25, -0.2) is 9.48 Å². The van der Waals surface area contributed by atoms with Crippen LogP contribution in [0, 0.1) is 0 Å². The number of aromatic carboxylic acids is 1. The Morgan fingerprint density at radius 1 is 1.17 bits per heavy atom. The SMILES string of the molecule is COc1ccc(-c2cc(C(=O)O)n(-c3ccsc3)n2)cc1OC. The first-order valence-corrected chi connectivity index (χ1v) is 7.66. The van der Waals surface area contributed by atoms with Gasteiger partial charge in [0.2, 0.25) is 0 Å². The van der Waals surface area contributed by atoms with Crippen molar-refractivity contribution in [2.24, 2.45) is 0 Å². The second kappa shape index (κ2) is 6.13. The highest BCUT2D eigenvalue weighted by Crippen LogP contribution is 2.32. The number of carboxylic acid groups (broad SMARTS) is 1. The number of aromatic nitrogens is 2. The zero-order valence-electron chi connectivity index (χ0n) is 12.5. The third-order valence-electron chi connectivity index (χ3n) is 3.36. The van der Waals surface area contributed by atoms with Crippen molar-refractivity contribution in [2.45, 2.75) is 0 Å². The molecule has 1 aromatic carbocycles. The maximum Gasteiger partial charge on any atom is 0.354 e. The summed E-state index contributed by atoms with van der Waals surface area (Å²) in [5.41, 5.74) is 2.13. The first-order chi connectivity index (χ1) is 11.1. The molecule has 0 fully saturated rings. The molecule has 0 amide bonds. The highest BCUT2D eigenvalue weighted by Gasteiger charge is 2.18. The minimum Gasteiger partial charge on any atom is -0.493 e. The number of nitrogens with zero attached hydrogens (tertiary/aromatic N) is 2. The van der Waals surface area contributed by atoms with Crippen LogP contribution >= 0.6 is 11.3 Å². The number of rotatable bonds is 5. The Kier molecular flexibility index (Phi) is 4.03. The van der Waals surface area contributed by atoms with Gasteiger partial charge in [0, 0.05) is 10.9 Å². The molecule has 0 atom stereocenters. The van der Waals surface area contributed by atoms with E-state index < -0.39 is 5.97 Å². The third kappa shape index (κ3) is 2.78. The Hall–Kier alpha value is -2.80. The standard InChI is InChI=1S/C16H14N2O4S/c1-21-14-4-3-10(7-15(14)22-2)12-8-13(16(19)20)18(17-12)11-5-6-23-9-11/h3-9H,1-2H3,(H,19,20). The first kappa shape index (κ1) is 15.1. The molecule has 7 heteroatoms. The van der Waals surface area contributed by atoms with E-state index in [0.29, 0.717) is 17.2 Å². The van der Waals surface area contributed by atoms with Crippen LogP contribution in [0.15, 0.2) is 41.1 Å². The lowest BCUT2D eigenvalue weighted by Gasteiger charge is -2.08. The van der Waals surface area contributed by atoms with Crippen LogP contribution in [-0.2, 0) is 0 Å². The Morgan fingerprint density at radius 3 is 2.57 bits per heavy atom. The zero-order valence-corrected chi connectivity index (χ0v) is 13.3. The molecule has 0 spiro atoms. The molecule has 0 aliphatic carbocycles. The molecular weight excluding hydrogens is 316 g/mol. The number of hydrogen-bond donors (Lipinski definition) is 1. The number of thiophene rings is 1. The molecule has 0 saturated heterocycles. The third-order valence-corrected chi connectivity index (χ3v) is 4.03. The van der Waals surface area contributed by atoms with E-state index in [0.717, 1.165) is 11.3 Å².